The van der Waals surface area contributed by atoms with Crippen LogP contribution in [0.5, 0.6) is 0 Å². The van der Waals surface area contributed by atoms with E-state index < -0.39 is 0 Å². The van der Waals surface area contributed by atoms with Gasteiger partial charge in [0.2, 0.25) is 0 Å². The van der Waals surface area contributed by atoms with Crippen molar-refractivity contribution in [1.29, 1.82) is 0 Å². The molecule has 1 nitrogen and oxygen atoms in total. The molecule has 0 aromatic heterocycles. The molecule has 0 atom stereocenters. The summed E-state index contributed by atoms with van der Waals surface area (Å²) in [5.74, 6) is 0.213. The summed E-state index contributed by atoms with van der Waals surface area (Å²) in [5.41, 5.74) is 0.824. The van der Waals surface area contributed by atoms with Crippen LogP contribution in [0.4, 0.5) is 0 Å². The molecule has 0 radical (unpaired) electrons. The van der Waals surface area contributed by atoms with Gasteiger partial charge in [0.05, 0.1) is 0 Å². The summed E-state index contributed by atoms with van der Waals surface area (Å²) in [6, 6.07) is 5.87. The van der Waals surface area contributed by atoms with Crippen molar-refractivity contribution in [2.45, 2.75) is 18.2 Å². The van der Waals surface area contributed by atoms with Gasteiger partial charge < -0.3 is 0 Å². The van der Waals surface area contributed by atoms with E-state index >= 15 is 0 Å². The Labute approximate surface area is 96.4 Å². The molecule has 1 aromatic carbocycles. The molecule has 0 saturated carbocycles. The van der Waals surface area contributed by atoms with Crippen LogP contribution in [0.2, 0.25) is 0 Å². The number of carbonyl (C=O) groups is 1. The average molecular weight is 306 g/mol. The lowest BCUT2D eigenvalue weighted by molar-refractivity contribution is 0.0988. The summed E-state index contributed by atoms with van der Waals surface area (Å²) >= 11 is 3.97. The van der Waals surface area contributed by atoms with Gasteiger partial charge in [0.25, 0.3) is 0 Å². The largest absolute Gasteiger partial charge is 0.294 e. The van der Waals surface area contributed by atoms with Gasteiger partial charge in [0, 0.05) is 20.4 Å². The van der Waals surface area contributed by atoms with Crippen LogP contribution in [0.25, 0.3) is 0 Å². The first-order chi connectivity index (χ1) is 6.19. The average Bonchev–Trinajstić information content (AvgIpc) is 2.16. The highest BCUT2D eigenvalue weighted by Crippen LogP contribution is 2.23. The smallest absolute Gasteiger partial charge is 0.162 e. The predicted octanol–water partition coefficient (Wildman–Crippen LogP) is 3.61. The van der Waals surface area contributed by atoms with Crippen LogP contribution < -0.4 is 0 Å². The Kier molecular flexibility index (Phi) is 4.25. The summed E-state index contributed by atoms with van der Waals surface area (Å²) in [5, 5.41) is 0. The van der Waals surface area contributed by atoms with Crippen molar-refractivity contribution in [2.75, 3.05) is 6.26 Å². The molecule has 0 heterocycles. The number of hydrogen-bond acceptors (Lipinski definition) is 2. The highest BCUT2D eigenvalue weighted by Gasteiger charge is 2.05. The van der Waals surface area contributed by atoms with E-state index in [4.69, 9.17) is 0 Å². The molecule has 1 rings (SSSR count). The van der Waals surface area contributed by atoms with Crippen molar-refractivity contribution in [1.82, 2.24) is 0 Å². The number of benzene rings is 1. The predicted molar refractivity (Wildman–Crippen MR) is 65.6 cm³/mol. The van der Waals surface area contributed by atoms with E-state index in [1.807, 2.05) is 31.4 Å². The Morgan fingerprint density at radius 1 is 1.54 bits per heavy atom. The van der Waals surface area contributed by atoms with Crippen molar-refractivity contribution < 1.29 is 4.79 Å². The number of halogens is 1. The van der Waals surface area contributed by atoms with Gasteiger partial charge in [-0.3, -0.25) is 4.79 Å². The third-order valence-electron chi connectivity index (χ3n) is 1.79. The minimum atomic E-state index is 0.213. The number of ketones is 1. The maximum Gasteiger partial charge on any atom is 0.162 e. The molecular weight excluding hydrogens is 295 g/mol. The standard InChI is InChI=1S/C10H11IOS/c1-3-9(12)7-4-5-10(13-2)8(11)6-7/h4-6H,3H2,1-2H3. The Balaban J connectivity index is 3.02. The molecule has 0 saturated heterocycles. The van der Waals surface area contributed by atoms with Crippen LogP contribution >= 0.6 is 34.4 Å². The number of rotatable bonds is 3. The molecule has 1 aromatic rings. The maximum atomic E-state index is 11.4. The van der Waals surface area contributed by atoms with Crippen LogP contribution in [0.1, 0.15) is 23.7 Å². The van der Waals surface area contributed by atoms with Crippen molar-refractivity contribution in [3.8, 4) is 0 Å². The molecule has 0 fully saturated rings. The Hall–Kier alpha value is -0.0300. The number of hydrogen-bond donors (Lipinski definition) is 0. The van der Waals surface area contributed by atoms with E-state index in [1.165, 1.54) is 4.90 Å². The normalized spacial score (nSPS) is 10.1. The lowest BCUT2D eigenvalue weighted by Gasteiger charge is -2.03. The fraction of sp³-hybridized carbons (Fsp3) is 0.300. The van der Waals surface area contributed by atoms with Crippen molar-refractivity contribution >= 4 is 40.1 Å². The second-order valence-electron chi connectivity index (χ2n) is 2.63. The van der Waals surface area contributed by atoms with E-state index in [9.17, 15) is 4.79 Å². The SMILES string of the molecule is CCC(=O)c1ccc(SC)c(I)c1. The third kappa shape index (κ3) is 2.71. The quantitative estimate of drug-likeness (QED) is 0.482. The second kappa shape index (κ2) is 5.00. The molecule has 0 bridgehead atoms. The fourth-order valence-corrected chi connectivity index (χ4v) is 2.68. The first-order valence-corrected chi connectivity index (χ1v) is 6.36. The molecule has 0 amide bonds. The zero-order valence-corrected chi connectivity index (χ0v) is 10.6. The molecule has 0 spiro atoms. The van der Waals surface area contributed by atoms with E-state index in [2.05, 4.69) is 22.6 Å². The summed E-state index contributed by atoms with van der Waals surface area (Å²) in [7, 11) is 0. The second-order valence-corrected chi connectivity index (χ2v) is 4.64. The van der Waals surface area contributed by atoms with Crippen LogP contribution in [0, 0.1) is 3.57 Å². The molecule has 0 unspecified atom stereocenters. The first kappa shape index (κ1) is 11.0. The van der Waals surface area contributed by atoms with Gasteiger partial charge in [-0.2, -0.15) is 0 Å². The van der Waals surface area contributed by atoms with Gasteiger partial charge in [0.15, 0.2) is 5.78 Å². The van der Waals surface area contributed by atoms with Gasteiger partial charge in [-0.05, 0) is 41.0 Å². The topological polar surface area (TPSA) is 17.1 Å². The zero-order chi connectivity index (χ0) is 9.84. The number of thioether (sulfide) groups is 1. The van der Waals surface area contributed by atoms with E-state index in [-0.39, 0.29) is 5.78 Å². The molecule has 70 valence electrons. The van der Waals surface area contributed by atoms with Gasteiger partial charge >= 0.3 is 0 Å². The van der Waals surface area contributed by atoms with Crippen molar-refractivity contribution in [2.24, 2.45) is 0 Å². The Morgan fingerprint density at radius 3 is 2.69 bits per heavy atom. The molecule has 0 aliphatic heterocycles. The highest BCUT2D eigenvalue weighted by atomic mass is 127. The van der Waals surface area contributed by atoms with Gasteiger partial charge in [0.1, 0.15) is 0 Å². The summed E-state index contributed by atoms with van der Waals surface area (Å²) in [6.45, 7) is 1.89. The van der Waals surface area contributed by atoms with Gasteiger partial charge in [-0.25, -0.2) is 0 Å². The first-order valence-electron chi connectivity index (χ1n) is 4.05. The molecule has 0 N–H and O–H groups in total. The fourth-order valence-electron chi connectivity index (χ4n) is 1.04. The molecule has 0 aliphatic rings. The number of carbonyl (C=O) groups excluding carboxylic acids is 1. The molecule has 3 heteroatoms. The molecule has 0 aliphatic carbocycles. The number of Topliss-reactive ketones (excluding diaryl/α,β-unsaturated/α-hetero) is 1. The lowest BCUT2D eigenvalue weighted by Crippen LogP contribution is -1.96. The Morgan fingerprint density at radius 2 is 2.23 bits per heavy atom. The maximum absolute atomic E-state index is 11.4. The van der Waals surface area contributed by atoms with Gasteiger partial charge in [-0.1, -0.05) is 13.0 Å². The van der Waals surface area contributed by atoms with Crippen LogP contribution in [0.15, 0.2) is 23.1 Å². The summed E-state index contributed by atoms with van der Waals surface area (Å²) in [6.07, 6.45) is 2.62. The Bertz CT molecular complexity index is 323. The third-order valence-corrected chi connectivity index (χ3v) is 3.85. The van der Waals surface area contributed by atoms with Crippen LogP contribution in [0.3, 0.4) is 0 Å². The van der Waals surface area contributed by atoms with E-state index in [1.54, 1.807) is 11.8 Å². The van der Waals surface area contributed by atoms with Crippen LogP contribution in [-0.4, -0.2) is 12.0 Å². The van der Waals surface area contributed by atoms with Crippen molar-refractivity contribution in [3.05, 3.63) is 27.3 Å². The minimum absolute atomic E-state index is 0.213. The molecular formula is C10H11IOS. The highest BCUT2D eigenvalue weighted by molar-refractivity contribution is 14.1. The summed E-state index contributed by atoms with van der Waals surface area (Å²) < 4.78 is 1.16. The van der Waals surface area contributed by atoms with E-state index in [0.29, 0.717) is 6.42 Å². The molecule has 13 heavy (non-hydrogen) atoms. The lowest BCUT2D eigenvalue weighted by atomic mass is 10.1. The summed E-state index contributed by atoms with van der Waals surface area (Å²) in [4.78, 5) is 12.6. The zero-order valence-electron chi connectivity index (χ0n) is 7.63. The monoisotopic (exact) mass is 306 g/mol. The minimum Gasteiger partial charge on any atom is -0.294 e. The van der Waals surface area contributed by atoms with Crippen LogP contribution in [-0.2, 0) is 0 Å². The van der Waals surface area contributed by atoms with Crippen molar-refractivity contribution in [3.63, 3.8) is 0 Å². The van der Waals surface area contributed by atoms with E-state index in [0.717, 1.165) is 9.13 Å². The van der Waals surface area contributed by atoms with Gasteiger partial charge in [-0.15, -0.1) is 11.8 Å².